The molecule has 4 N–H and O–H groups in total. The molecule has 1 aliphatic carbocycles. The lowest BCUT2D eigenvalue weighted by Crippen LogP contribution is -2.43. The number of hydrogen-bond acceptors (Lipinski definition) is 3. The highest BCUT2D eigenvalue weighted by Gasteiger charge is 2.29. The first-order valence-electron chi connectivity index (χ1n) is 4.86. The van der Waals surface area contributed by atoms with Gasteiger partial charge in [0.15, 0.2) is 0 Å². The highest BCUT2D eigenvalue weighted by atomic mass is 16.3. The van der Waals surface area contributed by atoms with E-state index < -0.39 is 6.04 Å². The van der Waals surface area contributed by atoms with Crippen LogP contribution in [0.15, 0.2) is 0 Å². The van der Waals surface area contributed by atoms with Crippen LogP contribution in [0.2, 0.25) is 0 Å². The van der Waals surface area contributed by atoms with Crippen LogP contribution in [0, 0.1) is 5.92 Å². The molecule has 0 spiro atoms. The maximum atomic E-state index is 11.2. The van der Waals surface area contributed by atoms with Gasteiger partial charge in [-0.05, 0) is 25.2 Å². The normalized spacial score (nSPS) is 20.8. The van der Waals surface area contributed by atoms with Crippen molar-refractivity contribution in [2.75, 3.05) is 6.54 Å². The van der Waals surface area contributed by atoms with Crippen molar-refractivity contribution in [3.05, 3.63) is 0 Å². The summed E-state index contributed by atoms with van der Waals surface area (Å²) in [6.45, 7) is 2.21. The first kappa shape index (κ1) is 10.5. The van der Waals surface area contributed by atoms with E-state index in [1.54, 1.807) is 0 Å². The fraction of sp³-hybridized carbons (Fsp3) is 0.889. The number of rotatable bonds is 5. The lowest BCUT2D eigenvalue weighted by Gasteiger charge is -2.13. The number of aliphatic hydroxyl groups excluding tert-OH is 1. The third-order valence-corrected chi connectivity index (χ3v) is 2.43. The Hall–Kier alpha value is -0.610. The average molecular weight is 186 g/mol. The van der Waals surface area contributed by atoms with Crippen molar-refractivity contribution in [2.45, 2.75) is 38.3 Å². The molecule has 2 unspecified atom stereocenters. The van der Waals surface area contributed by atoms with E-state index in [2.05, 4.69) is 5.32 Å². The number of aliphatic hydroxyl groups is 1. The molecule has 0 aromatic rings. The second-order valence-electron chi connectivity index (χ2n) is 3.66. The van der Waals surface area contributed by atoms with Gasteiger partial charge in [-0.2, -0.15) is 0 Å². The Morgan fingerprint density at radius 2 is 2.31 bits per heavy atom. The summed E-state index contributed by atoms with van der Waals surface area (Å²) in [4.78, 5) is 11.2. The van der Waals surface area contributed by atoms with Gasteiger partial charge in [-0.3, -0.25) is 4.79 Å². The summed E-state index contributed by atoms with van der Waals surface area (Å²) in [6, 6.07) is -0.439. The molecule has 1 fully saturated rings. The maximum Gasteiger partial charge on any atom is 0.236 e. The van der Waals surface area contributed by atoms with Crippen molar-refractivity contribution in [1.82, 2.24) is 5.32 Å². The van der Waals surface area contributed by atoms with Gasteiger partial charge in [0.25, 0.3) is 0 Å². The SMILES string of the molecule is CCC(N)C(=O)NCC(O)C1CC1. The highest BCUT2D eigenvalue weighted by molar-refractivity contribution is 5.81. The smallest absolute Gasteiger partial charge is 0.236 e. The lowest BCUT2D eigenvalue weighted by atomic mass is 10.2. The van der Waals surface area contributed by atoms with Gasteiger partial charge in [-0.1, -0.05) is 6.92 Å². The van der Waals surface area contributed by atoms with E-state index >= 15 is 0 Å². The first-order valence-corrected chi connectivity index (χ1v) is 4.86. The molecule has 4 nitrogen and oxygen atoms in total. The number of nitrogens with one attached hydrogen (secondary N) is 1. The van der Waals surface area contributed by atoms with E-state index in [-0.39, 0.29) is 12.0 Å². The van der Waals surface area contributed by atoms with Crippen LogP contribution in [-0.2, 0) is 4.79 Å². The molecular weight excluding hydrogens is 168 g/mol. The number of nitrogens with two attached hydrogens (primary N) is 1. The molecule has 76 valence electrons. The third kappa shape index (κ3) is 3.32. The van der Waals surface area contributed by atoms with Crippen LogP contribution >= 0.6 is 0 Å². The Balaban J connectivity index is 2.13. The molecule has 1 aliphatic rings. The van der Waals surface area contributed by atoms with Crippen LogP contribution in [-0.4, -0.2) is 29.7 Å². The molecule has 1 rings (SSSR count). The van der Waals surface area contributed by atoms with Gasteiger partial charge in [0.1, 0.15) is 0 Å². The summed E-state index contributed by atoms with van der Waals surface area (Å²) in [5, 5.41) is 12.1. The lowest BCUT2D eigenvalue weighted by molar-refractivity contribution is -0.122. The van der Waals surface area contributed by atoms with Crippen LogP contribution in [0.1, 0.15) is 26.2 Å². The van der Waals surface area contributed by atoms with Crippen molar-refractivity contribution in [3.8, 4) is 0 Å². The minimum Gasteiger partial charge on any atom is -0.391 e. The monoisotopic (exact) mass is 186 g/mol. The Labute approximate surface area is 78.5 Å². The zero-order valence-electron chi connectivity index (χ0n) is 7.99. The van der Waals surface area contributed by atoms with Gasteiger partial charge in [0.2, 0.25) is 5.91 Å². The van der Waals surface area contributed by atoms with Crippen LogP contribution in [0.3, 0.4) is 0 Å². The number of hydrogen-bond donors (Lipinski definition) is 3. The summed E-state index contributed by atoms with van der Waals surface area (Å²) in [5.41, 5.74) is 5.50. The summed E-state index contributed by atoms with van der Waals surface area (Å²) in [6.07, 6.45) is 2.41. The van der Waals surface area contributed by atoms with E-state index in [1.165, 1.54) is 0 Å². The molecule has 0 saturated heterocycles. The van der Waals surface area contributed by atoms with Gasteiger partial charge < -0.3 is 16.2 Å². The number of amides is 1. The minimum atomic E-state index is -0.439. The topological polar surface area (TPSA) is 75.4 Å². The molecule has 1 amide bonds. The molecule has 0 radical (unpaired) electrons. The first-order chi connectivity index (χ1) is 6.15. The van der Waals surface area contributed by atoms with Gasteiger partial charge >= 0.3 is 0 Å². The Bertz CT molecular complexity index is 180. The largest absolute Gasteiger partial charge is 0.391 e. The molecule has 1 saturated carbocycles. The second kappa shape index (κ2) is 4.58. The standard InChI is InChI=1S/C9H18N2O2/c1-2-7(10)9(13)11-5-8(12)6-3-4-6/h6-8,12H,2-5,10H2,1H3,(H,11,13). The number of carbonyl (C=O) groups excluding carboxylic acids is 1. The van der Waals surface area contributed by atoms with Crippen molar-refractivity contribution in [2.24, 2.45) is 11.7 Å². The summed E-state index contributed by atoms with van der Waals surface area (Å²) >= 11 is 0. The molecule has 0 bridgehead atoms. The predicted molar refractivity (Wildman–Crippen MR) is 50.0 cm³/mol. The van der Waals surface area contributed by atoms with E-state index in [4.69, 9.17) is 5.73 Å². The molecule has 0 heterocycles. The van der Waals surface area contributed by atoms with Gasteiger partial charge in [-0.15, -0.1) is 0 Å². The average Bonchev–Trinajstić information content (AvgIpc) is 2.95. The van der Waals surface area contributed by atoms with E-state index in [1.807, 2.05) is 6.92 Å². The van der Waals surface area contributed by atoms with Crippen molar-refractivity contribution in [1.29, 1.82) is 0 Å². The van der Waals surface area contributed by atoms with Crippen molar-refractivity contribution < 1.29 is 9.90 Å². The van der Waals surface area contributed by atoms with Gasteiger partial charge in [-0.25, -0.2) is 0 Å². The van der Waals surface area contributed by atoms with Crippen LogP contribution in [0.5, 0.6) is 0 Å². The summed E-state index contributed by atoms with van der Waals surface area (Å²) in [7, 11) is 0. The summed E-state index contributed by atoms with van der Waals surface area (Å²) in [5.74, 6) is 0.236. The van der Waals surface area contributed by atoms with Crippen LogP contribution in [0.4, 0.5) is 0 Å². The molecule has 4 heteroatoms. The van der Waals surface area contributed by atoms with Crippen LogP contribution in [0.25, 0.3) is 0 Å². The quantitative estimate of drug-likeness (QED) is 0.547. The Kier molecular flexibility index (Phi) is 3.69. The Morgan fingerprint density at radius 3 is 2.77 bits per heavy atom. The second-order valence-corrected chi connectivity index (χ2v) is 3.66. The zero-order valence-corrected chi connectivity index (χ0v) is 7.99. The predicted octanol–water partition coefficient (Wildman–Crippen LogP) is -0.389. The van der Waals surface area contributed by atoms with E-state index in [9.17, 15) is 9.90 Å². The zero-order chi connectivity index (χ0) is 9.84. The van der Waals surface area contributed by atoms with Gasteiger partial charge in [0, 0.05) is 6.54 Å². The molecule has 2 atom stereocenters. The molecule has 0 aromatic heterocycles. The maximum absolute atomic E-state index is 11.2. The van der Waals surface area contributed by atoms with Gasteiger partial charge in [0.05, 0.1) is 12.1 Å². The Morgan fingerprint density at radius 1 is 1.69 bits per heavy atom. The molecule has 0 aliphatic heterocycles. The summed E-state index contributed by atoms with van der Waals surface area (Å²) < 4.78 is 0. The van der Waals surface area contributed by atoms with E-state index in [0.717, 1.165) is 12.8 Å². The fourth-order valence-electron chi connectivity index (χ4n) is 1.17. The van der Waals surface area contributed by atoms with E-state index in [0.29, 0.717) is 18.9 Å². The van der Waals surface area contributed by atoms with Crippen molar-refractivity contribution in [3.63, 3.8) is 0 Å². The fourth-order valence-corrected chi connectivity index (χ4v) is 1.17. The van der Waals surface area contributed by atoms with Crippen LogP contribution < -0.4 is 11.1 Å². The van der Waals surface area contributed by atoms with Crippen molar-refractivity contribution >= 4 is 5.91 Å². The minimum absolute atomic E-state index is 0.165. The highest BCUT2D eigenvalue weighted by Crippen LogP contribution is 2.32. The number of carbonyl (C=O) groups is 1. The molecule has 0 aromatic carbocycles. The molecule has 13 heavy (non-hydrogen) atoms. The third-order valence-electron chi connectivity index (χ3n) is 2.43. The molecular formula is C9H18N2O2.